The van der Waals surface area contributed by atoms with Crippen molar-refractivity contribution < 1.29 is 45.3 Å². The molecule has 1 aromatic rings. The lowest BCUT2D eigenvalue weighted by Crippen LogP contribution is -2.64. The Morgan fingerprint density at radius 1 is 1.14 bits per heavy atom. The zero-order valence-corrected chi connectivity index (χ0v) is 20.2. The fraction of sp³-hybridized carbons (Fsp3) is 0.625. The predicted octanol–water partition coefficient (Wildman–Crippen LogP) is 0.390. The summed E-state index contributed by atoms with van der Waals surface area (Å²) in [7, 11) is 0. The van der Waals surface area contributed by atoms with Gasteiger partial charge in [-0.05, 0) is 32.8 Å². The Hall–Kier alpha value is -2.73. The van der Waals surface area contributed by atoms with Crippen LogP contribution in [-0.2, 0) is 30.2 Å². The summed E-state index contributed by atoms with van der Waals surface area (Å²) in [6, 6.07) is 6.49. The lowest BCUT2D eigenvalue weighted by Gasteiger charge is -2.40. The Bertz CT molecular complexity index is 865. The summed E-state index contributed by atoms with van der Waals surface area (Å²) in [5, 5.41) is 35.9. The number of nitrogens with one attached hydrogen (secondary N) is 2. The second-order valence-corrected chi connectivity index (χ2v) is 9.26. The van der Waals surface area contributed by atoms with Crippen LogP contribution in [0.25, 0.3) is 0 Å². The van der Waals surface area contributed by atoms with Gasteiger partial charge in [0.05, 0.1) is 0 Å². The molecule has 0 radical (unpaired) electrons. The highest BCUT2D eigenvalue weighted by Crippen LogP contribution is 2.21. The maximum atomic E-state index is 12.8. The highest BCUT2D eigenvalue weighted by Gasteiger charge is 2.45. The van der Waals surface area contributed by atoms with Gasteiger partial charge >= 0.3 is 12.1 Å². The molecular formula is C24H36N2O9. The van der Waals surface area contributed by atoms with Crippen LogP contribution in [0.2, 0.25) is 0 Å². The van der Waals surface area contributed by atoms with Crippen molar-refractivity contribution in [3.63, 3.8) is 0 Å². The highest BCUT2D eigenvalue weighted by atomic mass is 16.6. The number of ether oxygens (including phenoxy) is 3. The molecule has 5 N–H and O–H groups in total. The second-order valence-electron chi connectivity index (χ2n) is 9.26. The zero-order chi connectivity index (χ0) is 26.9. The van der Waals surface area contributed by atoms with Crippen LogP contribution in [-0.4, -0.2) is 82.2 Å². The number of amides is 2. The normalized spacial score (nSPS) is 25.7. The Balaban J connectivity index is 2.00. The minimum absolute atomic E-state index is 0.0179. The summed E-state index contributed by atoms with van der Waals surface area (Å²) in [4.78, 5) is 37.0. The molecule has 1 unspecified atom stereocenters. The van der Waals surface area contributed by atoms with E-state index in [4.69, 9.17) is 15.6 Å². The third-order valence-corrected chi connectivity index (χ3v) is 5.10. The van der Waals surface area contributed by atoms with Gasteiger partial charge in [0.25, 0.3) is 0 Å². The number of hydrogen-bond acceptors (Lipinski definition) is 9. The van der Waals surface area contributed by atoms with Crippen molar-refractivity contribution >= 4 is 18.0 Å². The van der Waals surface area contributed by atoms with Crippen LogP contribution in [0.3, 0.4) is 0 Å². The summed E-state index contributed by atoms with van der Waals surface area (Å²) >= 11 is 0. The molecule has 0 saturated carbocycles. The lowest BCUT2D eigenvalue weighted by atomic mass is 9.97. The molecular weight excluding hydrogens is 460 g/mol. The number of aliphatic hydroxyl groups excluding tert-OH is 3. The zero-order valence-electron chi connectivity index (χ0n) is 21.2. The Kier molecular flexibility index (Phi) is 9.84. The number of rotatable bonds is 9. The Labute approximate surface area is 206 Å². The monoisotopic (exact) mass is 497 g/mol. The molecule has 0 aliphatic carbocycles. The molecule has 0 aromatic heterocycles. The number of hydrogen-bond donors (Lipinski definition) is 5. The standard InChI is InChI=1S/C24H36N2O9/c1-5-9-17(27)26-18-20(29)19(28)16(34-22(18)31)13-33-21(30)15(12-14-10-7-6-8-11-14)25-23(32)35-24(2,3)4/h6-8,10-11,15-16,18-20,22,28-29,31H,5,9,12-13H2,1-4H3,(H,25,32)(H,26,27)/t15-,16+,18+,19+,20+,22?/m0/s1/i1D. The molecule has 6 atom stereocenters. The van der Waals surface area contributed by atoms with E-state index in [9.17, 15) is 29.7 Å². The van der Waals surface area contributed by atoms with Crippen LogP contribution >= 0.6 is 0 Å². The van der Waals surface area contributed by atoms with Crippen LogP contribution in [0.1, 0.15) is 47.4 Å². The van der Waals surface area contributed by atoms with E-state index in [1.807, 2.05) is 6.07 Å². The minimum atomic E-state index is -1.67. The summed E-state index contributed by atoms with van der Waals surface area (Å²) in [5.41, 5.74) is -0.0376. The number of carbonyl (C=O) groups is 3. The second kappa shape index (κ2) is 12.8. The summed E-state index contributed by atoms with van der Waals surface area (Å²) in [6.45, 7) is 4.56. The minimum Gasteiger partial charge on any atom is -0.461 e. The van der Waals surface area contributed by atoms with Crippen molar-refractivity contribution in [2.45, 2.75) is 89.2 Å². The molecule has 11 nitrogen and oxygen atoms in total. The third-order valence-electron chi connectivity index (χ3n) is 5.10. The summed E-state index contributed by atoms with van der Waals surface area (Å²) in [5.74, 6) is -1.35. The van der Waals surface area contributed by atoms with Crippen LogP contribution < -0.4 is 10.6 Å². The van der Waals surface area contributed by atoms with Crippen molar-refractivity contribution in [2.24, 2.45) is 0 Å². The molecule has 1 heterocycles. The van der Waals surface area contributed by atoms with Gasteiger partial charge in [-0.25, -0.2) is 9.59 Å². The first-order valence-electron chi connectivity index (χ1n) is 12.1. The molecule has 1 fully saturated rings. The molecule has 35 heavy (non-hydrogen) atoms. The lowest BCUT2D eigenvalue weighted by molar-refractivity contribution is -0.255. The topological polar surface area (TPSA) is 164 Å². The summed E-state index contributed by atoms with van der Waals surface area (Å²) < 4.78 is 22.9. The van der Waals surface area contributed by atoms with Crippen molar-refractivity contribution in [3.05, 3.63) is 35.9 Å². The van der Waals surface area contributed by atoms with Gasteiger partial charge in [-0.1, -0.05) is 37.2 Å². The Morgan fingerprint density at radius 2 is 1.83 bits per heavy atom. The largest absolute Gasteiger partial charge is 0.461 e. The number of aliphatic hydroxyl groups is 3. The van der Waals surface area contributed by atoms with Crippen LogP contribution in [0.15, 0.2) is 30.3 Å². The van der Waals surface area contributed by atoms with Gasteiger partial charge in [-0.15, -0.1) is 0 Å². The average molecular weight is 498 g/mol. The van der Waals surface area contributed by atoms with Gasteiger partial charge in [0, 0.05) is 14.2 Å². The molecule has 1 aliphatic heterocycles. The van der Waals surface area contributed by atoms with Crippen molar-refractivity contribution in [3.8, 4) is 0 Å². The van der Waals surface area contributed by atoms with Crippen molar-refractivity contribution in [1.29, 1.82) is 0 Å². The molecule has 2 amide bonds. The van der Waals surface area contributed by atoms with Gasteiger partial charge in [-0.3, -0.25) is 4.79 Å². The van der Waals surface area contributed by atoms with Gasteiger partial charge < -0.3 is 40.2 Å². The fourth-order valence-corrected chi connectivity index (χ4v) is 3.42. The van der Waals surface area contributed by atoms with E-state index in [0.717, 1.165) is 5.56 Å². The van der Waals surface area contributed by atoms with Gasteiger partial charge in [-0.2, -0.15) is 0 Å². The quantitative estimate of drug-likeness (QED) is 0.304. The van der Waals surface area contributed by atoms with Crippen LogP contribution in [0.5, 0.6) is 0 Å². The first-order valence-corrected chi connectivity index (χ1v) is 11.4. The molecule has 1 saturated heterocycles. The Morgan fingerprint density at radius 3 is 2.46 bits per heavy atom. The van der Waals surface area contributed by atoms with Crippen LogP contribution in [0, 0.1) is 0 Å². The maximum absolute atomic E-state index is 12.8. The molecule has 196 valence electrons. The SMILES string of the molecule is [2H]CCCC(=O)N[C@H]1C(O)O[C@H](COC(=O)[C@H](Cc2ccccc2)NC(=O)OC(C)(C)C)[C@@H](O)[C@@H]1O. The number of esters is 1. The maximum Gasteiger partial charge on any atom is 0.408 e. The molecule has 2 rings (SSSR count). The van der Waals surface area contributed by atoms with E-state index in [1.54, 1.807) is 45.0 Å². The van der Waals surface area contributed by atoms with Gasteiger partial charge in [0.15, 0.2) is 6.29 Å². The van der Waals surface area contributed by atoms with E-state index in [0.29, 0.717) is 6.42 Å². The predicted molar refractivity (Wildman–Crippen MR) is 124 cm³/mol. The van der Waals surface area contributed by atoms with E-state index in [1.165, 1.54) is 0 Å². The van der Waals surface area contributed by atoms with Crippen molar-refractivity contribution in [1.82, 2.24) is 10.6 Å². The smallest absolute Gasteiger partial charge is 0.408 e. The van der Waals surface area contributed by atoms with E-state index < -0.39 is 66.9 Å². The van der Waals surface area contributed by atoms with Gasteiger partial charge in [0.2, 0.25) is 5.91 Å². The van der Waals surface area contributed by atoms with Crippen LogP contribution in [0.4, 0.5) is 4.79 Å². The number of alkyl carbamates (subject to hydrolysis) is 1. The third kappa shape index (κ3) is 9.10. The van der Waals surface area contributed by atoms with Crippen molar-refractivity contribution in [2.75, 3.05) is 6.61 Å². The van der Waals surface area contributed by atoms with E-state index >= 15 is 0 Å². The van der Waals surface area contributed by atoms with E-state index in [-0.39, 0.29) is 19.7 Å². The molecule has 0 spiro atoms. The molecule has 1 aromatic carbocycles. The highest BCUT2D eigenvalue weighted by molar-refractivity contribution is 5.81. The number of benzene rings is 1. The molecule has 0 bridgehead atoms. The first kappa shape index (κ1) is 26.9. The summed E-state index contributed by atoms with van der Waals surface area (Å²) in [6.07, 6.45) is -6.55. The number of carbonyl (C=O) groups excluding carboxylic acids is 3. The van der Waals surface area contributed by atoms with E-state index in [2.05, 4.69) is 10.6 Å². The molecule has 11 heteroatoms. The van der Waals surface area contributed by atoms with Gasteiger partial charge in [0.1, 0.15) is 42.6 Å². The molecule has 1 aliphatic rings. The fourth-order valence-electron chi connectivity index (χ4n) is 3.42. The average Bonchev–Trinajstić information content (AvgIpc) is 2.80. The first-order chi connectivity index (χ1) is 16.9.